The molecule has 0 heterocycles. The van der Waals surface area contributed by atoms with Gasteiger partial charge < -0.3 is 9.84 Å². The van der Waals surface area contributed by atoms with E-state index in [9.17, 15) is 13.2 Å². The third-order valence-electron chi connectivity index (χ3n) is 2.31. The van der Waals surface area contributed by atoms with Crippen LogP contribution >= 0.6 is 0 Å². The first-order valence-corrected chi connectivity index (χ1v) is 7.36. The van der Waals surface area contributed by atoms with Gasteiger partial charge in [0.25, 0.3) is 0 Å². The van der Waals surface area contributed by atoms with Crippen molar-refractivity contribution in [1.29, 1.82) is 0 Å². The van der Waals surface area contributed by atoms with E-state index in [1.807, 2.05) is 0 Å². The number of hydrogen-bond acceptors (Lipinski definition) is 4. The van der Waals surface area contributed by atoms with Gasteiger partial charge in [0.1, 0.15) is 5.75 Å². The fourth-order valence-corrected chi connectivity index (χ4v) is 2.84. The zero-order chi connectivity index (χ0) is 15.3. The molecule has 110 valence electrons. The second-order valence-electron chi connectivity index (χ2n) is 4.35. The summed E-state index contributed by atoms with van der Waals surface area (Å²) >= 11 is 0. The molecule has 0 atom stereocenters. The Labute approximate surface area is 118 Å². The lowest BCUT2D eigenvalue weighted by molar-refractivity contribution is -0.131. The van der Waals surface area contributed by atoms with E-state index in [1.165, 1.54) is 31.4 Å². The van der Waals surface area contributed by atoms with Crippen molar-refractivity contribution in [1.82, 2.24) is 4.72 Å². The highest BCUT2D eigenvalue weighted by atomic mass is 32.2. The zero-order valence-corrected chi connectivity index (χ0v) is 12.3. The van der Waals surface area contributed by atoms with Crippen molar-refractivity contribution in [2.45, 2.75) is 24.8 Å². The summed E-state index contributed by atoms with van der Waals surface area (Å²) in [6, 6.07) is 4.02. The first-order valence-electron chi connectivity index (χ1n) is 5.87. The zero-order valence-electron chi connectivity index (χ0n) is 11.5. The van der Waals surface area contributed by atoms with Gasteiger partial charge in [-0.05, 0) is 38.1 Å². The summed E-state index contributed by atoms with van der Waals surface area (Å²) in [5.74, 6) is -0.730. The maximum Gasteiger partial charge on any atom is 0.328 e. The Hall–Kier alpha value is -1.86. The van der Waals surface area contributed by atoms with Crippen LogP contribution in [0.2, 0.25) is 0 Å². The van der Waals surface area contributed by atoms with Gasteiger partial charge in [-0.2, -0.15) is 0 Å². The molecule has 0 bridgehead atoms. The molecule has 1 aromatic carbocycles. The van der Waals surface area contributed by atoms with E-state index in [-0.39, 0.29) is 10.9 Å². The number of ether oxygens (including phenoxy) is 1. The molecule has 0 aliphatic heterocycles. The molecule has 0 radical (unpaired) electrons. The SMILES string of the molecule is COc1ccc(S(=O)(=O)NC(C)C)cc1C=CC(=O)O. The molecular formula is C13H17NO5S. The molecule has 1 aromatic rings. The van der Waals surface area contributed by atoms with E-state index in [0.717, 1.165) is 6.08 Å². The Morgan fingerprint density at radius 3 is 2.55 bits per heavy atom. The molecule has 0 aromatic heterocycles. The Morgan fingerprint density at radius 1 is 1.40 bits per heavy atom. The summed E-state index contributed by atoms with van der Waals surface area (Å²) in [6.07, 6.45) is 2.21. The molecule has 20 heavy (non-hydrogen) atoms. The standard InChI is InChI=1S/C13H17NO5S/c1-9(2)14-20(17,18)11-5-6-12(19-3)10(8-11)4-7-13(15)16/h4-9,14H,1-3H3,(H,15,16). The van der Waals surface area contributed by atoms with E-state index in [4.69, 9.17) is 9.84 Å². The van der Waals surface area contributed by atoms with E-state index in [0.29, 0.717) is 11.3 Å². The average Bonchev–Trinajstić information content (AvgIpc) is 2.34. The lowest BCUT2D eigenvalue weighted by atomic mass is 10.2. The lowest BCUT2D eigenvalue weighted by Crippen LogP contribution is -2.30. The van der Waals surface area contributed by atoms with Crippen LogP contribution in [0.25, 0.3) is 6.08 Å². The summed E-state index contributed by atoms with van der Waals surface area (Å²) in [4.78, 5) is 10.6. The number of carboxylic acids is 1. The highest BCUT2D eigenvalue weighted by molar-refractivity contribution is 7.89. The largest absolute Gasteiger partial charge is 0.496 e. The van der Waals surface area contributed by atoms with Crippen molar-refractivity contribution in [3.8, 4) is 5.75 Å². The summed E-state index contributed by atoms with van der Waals surface area (Å²) in [7, 11) is -2.21. The normalized spacial score (nSPS) is 12.0. The van der Waals surface area contributed by atoms with Crippen LogP contribution in [0.4, 0.5) is 0 Å². The molecule has 0 unspecified atom stereocenters. The number of methoxy groups -OCH3 is 1. The van der Waals surface area contributed by atoms with Gasteiger partial charge in [-0.25, -0.2) is 17.9 Å². The fraction of sp³-hybridized carbons (Fsp3) is 0.308. The van der Waals surface area contributed by atoms with Gasteiger partial charge in [0.05, 0.1) is 12.0 Å². The van der Waals surface area contributed by atoms with Gasteiger partial charge in [-0.3, -0.25) is 0 Å². The fourth-order valence-electron chi connectivity index (χ4n) is 1.55. The second kappa shape index (κ2) is 6.53. The van der Waals surface area contributed by atoms with Crippen molar-refractivity contribution >= 4 is 22.1 Å². The Bertz CT molecular complexity index is 620. The van der Waals surface area contributed by atoms with Gasteiger partial charge in [-0.1, -0.05) is 0 Å². The van der Waals surface area contributed by atoms with Crippen molar-refractivity contribution in [3.05, 3.63) is 29.8 Å². The molecule has 7 heteroatoms. The van der Waals surface area contributed by atoms with Crippen molar-refractivity contribution < 1.29 is 23.1 Å². The first kappa shape index (κ1) is 16.2. The minimum atomic E-state index is -3.63. The number of carboxylic acid groups (broad SMARTS) is 1. The number of carbonyl (C=O) groups is 1. The molecule has 0 aliphatic carbocycles. The highest BCUT2D eigenvalue weighted by Crippen LogP contribution is 2.23. The van der Waals surface area contributed by atoms with Crippen LogP contribution in [0.3, 0.4) is 0 Å². The van der Waals surface area contributed by atoms with E-state index in [1.54, 1.807) is 13.8 Å². The van der Waals surface area contributed by atoms with Crippen LogP contribution in [0, 0.1) is 0 Å². The number of sulfonamides is 1. The summed E-state index contributed by atoms with van der Waals surface area (Å²) in [6.45, 7) is 3.43. The van der Waals surface area contributed by atoms with Crippen LogP contribution in [0.15, 0.2) is 29.2 Å². The van der Waals surface area contributed by atoms with Gasteiger partial charge in [0, 0.05) is 17.7 Å². The van der Waals surface area contributed by atoms with Crippen LogP contribution in [-0.4, -0.2) is 32.6 Å². The number of rotatable bonds is 6. The lowest BCUT2D eigenvalue weighted by Gasteiger charge is -2.11. The molecule has 0 aliphatic rings. The number of aliphatic carboxylic acids is 1. The van der Waals surface area contributed by atoms with Gasteiger partial charge in [0.15, 0.2) is 0 Å². The molecule has 0 amide bonds. The minimum Gasteiger partial charge on any atom is -0.496 e. The topological polar surface area (TPSA) is 92.7 Å². The van der Waals surface area contributed by atoms with E-state index < -0.39 is 16.0 Å². The molecular weight excluding hydrogens is 282 g/mol. The maximum absolute atomic E-state index is 12.0. The molecule has 0 spiro atoms. The summed E-state index contributed by atoms with van der Waals surface area (Å²) < 4.78 is 31.6. The minimum absolute atomic E-state index is 0.0528. The van der Waals surface area contributed by atoms with Crippen LogP contribution in [0.1, 0.15) is 19.4 Å². The number of nitrogens with one attached hydrogen (secondary N) is 1. The van der Waals surface area contributed by atoms with E-state index >= 15 is 0 Å². The Morgan fingerprint density at radius 2 is 2.05 bits per heavy atom. The molecule has 2 N–H and O–H groups in total. The molecule has 6 nitrogen and oxygen atoms in total. The monoisotopic (exact) mass is 299 g/mol. The summed E-state index contributed by atoms with van der Waals surface area (Å²) in [5, 5.41) is 8.63. The molecule has 1 rings (SSSR count). The van der Waals surface area contributed by atoms with Crippen molar-refractivity contribution in [2.75, 3.05) is 7.11 Å². The van der Waals surface area contributed by atoms with Crippen LogP contribution in [-0.2, 0) is 14.8 Å². The van der Waals surface area contributed by atoms with Crippen LogP contribution in [0.5, 0.6) is 5.75 Å². The first-order chi connectivity index (χ1) is 9.26. The van der Waals surface area contributed by atoms with Gasteiger partial charge in [0.2, 0.25) is 10.0 Å². The van der Waals surface area contributed by atoms with Gasteiger partial charge >= 0.3 is 5.97 Å². The predicted octanol–water partition coefficient (Wildman–Crippen LogP) is 1.48. The smallest absolute Gasteiger partial charge is 0.328 e. The van der Waals surface area contributed by atoms with Crippen molar-refractivity contribution in [3.63, 3.8) is 0 Å². The number of benzene rings is 1. The predicted molar refractivity (Wildman–Crippen MR) is 75.1 cm³/mol. The third-order valence-corrected chi connectivity index (χ3v) is 3.96. The van der Waals surface area contributed by atoms with Crippen molar-refractivity contribution in [2.24, 2.45) is 0 Å². The third kappa shape index (κ3) is 4.36. The molecule has 0 saturated heterocycles. The second-order valence-corrected chi connectivity index (χ2v) is 6.07. The van der Waals surface area contributed by atoms with Crippen LogP contribution < -0.4 is 9.46 Å². The maximum atomic E-state index is 12.0. The quantitative estimate of drug-likeness (QED) is 0.776. The Balaban J connectivity index is 3.25. The van der Waals surface area contributed by atoms with Gasteiger partial charge in [-0.15, -0.1) is 0 Å². The number of hydrogen-bond donors (Lipinski definition) is 2. The highest BCUT2D eigenvalue weighted by Gasteiger charge is 2.16. The van der Waals surface area contributed by atoms with E-state index in [2.05, 4.69) is 4.72 Å². The average molecular weight is 299 g/mol. The molecule has 0 fully saturated rings. The summed E-state index contributed by atoms with van der Waals surface area (Å²) in [5.41, 5.74) is 0.376. The Kier molecular flexibility index (Phi) is 5.29. The molecule has 0 saturated carbocycles.